The Labute approximate surface area is 235 Å². The van der Waals surface area contributed by atoms with Crippen molar-refractivity contribution in [1.82, 2.24) is 4.90 Å². The highest BCUT2D eigenvalue weighted by Crippen LogP contribution is 2.74. The molecule has 1 saturated heterocycles. The van der Waals surface area contributed by atoms with Crippen molar-refractivity contribution in [2.45, 2.75) is 111 Å². The van der Waals surface area contributed by atoms with Gasteiger partial charge in [-0.05, 0) is 92.4 Å². The van der Waals surface area contributed by atoms with Crippen molar-refractivity contribution in [2.24, 2.45) is 44.8 Å². The first-order valence-electron chi connectivity index (χ1n) is 15.4. The number of aliphatic hydroxyl groups excluding tert-OH is 1. The Kier molecular flexibility index (Phi) is 5.73. The van der Waals surface area contributed by atoms with Gasteiger partial charge in [-0.1, -0.05) is 53.2 Å². The van der Waals surface area contributed by atoms with Gasteiger partial charge in [0.15, 0.2) is 11.6 Å². The third-order valence-corrected chi connectivity index (χ3v) is 14.0. The van der Waals surface area contributed by atoms with Crippen LogP contribution in [0.2, 0.25) is 0 Å². The summed E-state index contributed by atoms with van der Waals surface area (Å²) in [5, 5.41) is 20.2. The van der Waals surface area contributed by atoms with Crippen molar-refractivity contribution in [2.75, 3.05) is 13.1 Å². The highest BCUT2D eigenvalue weighted by Gasteiger charge is 2.69. The molecule has 6 rings (SSSR count). The van der Waals surface area contributed by atoms with Crippen LogP contribution in [-0.4, -0.2) is 46.3 Å². The normalized spacial score (nSPS) is 51.1. The number of ketones is 2. The molecule has 4 fully saturated rings. The molecular weight excluding hydrogens is 484 g/mol. The lowest BCUT2D eigenvalue weighted by molar-refractivity contribution is -0.170. The number of Topliss-reactive ketones (excluding diaryl/α,β-unsaturated/α-hetero) is 1. The highest BCUT2D eigenvalue weighted by atomic mass is 16.3. The van der Waals surface area contributed by atoms with E-state index < -0.39 is 10.8 Å². The first kappa shape index (κ1) is 27.4. The fraction of sp³-hybridized carbons (Fsp3) is 0.794. The molecule has 0 aromatic carbocycles. The molecule has 212 valence electrons. The van der Waals surface area contributed by atoms with Gasteiger partial charge in [-0.2, -0.15) is 5.26 Å². The van der Waals surface area contributed by atoms with E-state index >= 15 is 0 Å². The second-order valence-corrected chi connectivity index (χ2v) is 16.1. The minimum Gasteiger partial charge on any atom is -0.392 e. The summed E-state index contributed by atoms with van der Waals surface area (Å²) in [5.41, 5.74) is 0.176. The first-order chi connectivity index (χ1) is 18.1. The van der Waals surface area contributed by atoms with Crippen LogP contribution in [0.3, 0.4) is 0 Å². The molecule has 1 N–H and O–H groups in total. The fourth-order valence-electron chi connectivity index (χ4n) is 11.2. The minimum absolute atomic E-state index is 0.0186. The second kappa shape index (κ2) is 8.16. The van der Waals surface area contributed by atoms with Crippen molar-refractivity contribution < 1.29 is 14.7 Å². The smallest absolute Gasteiger partial charge is 0.178 e. The van der Waals surface area contributed by atoms with Gasteiger partial charge in [-0.25, -0.2) is 0 Å². The molecule has 6 aliphatic rings. The summed E-state index contributed by atoms with van der Waals surface area (Å²) < 4.78 is 0. The van der Waals surface area contributed by atoms with Crippen molar-refractivity contribution in [3.63, 3.8) is 0 Å². The number of likely N-dealkylation sites (tertiary alicyclic amines) is 1. The molecule has 5 aliphatic carbocycles. The third-order valence-electron chi connectivity index (χ3n) is 14.0. The van der Waals surface area contributed by atoms with E-state index in [1.807, 2.05) is 26.0 Å². The van der Waals surface area contributed by atoms with E-state index in [0.29, 0.717) is 5.92 Å². The van der Waals surface area contributed by atoms with Gasteiger partial charge >= 0.3 is 0 Å². The Morgan fingerprint density at radius 3 is 2.31 bits per heavy atom. The SMILES string of the molecule is CC1(C)C(=O)C(C#N)=C[C@]2(C)C3=CC(=O)[C@@H]4[C@@H]5CC(C)(N6CC[C@@H](O)C6)CC[C@]5(C)CC[C@@]4(C)[C@]3(C)CC[C@@H]12. The van der Waals surface area contributed by atoms with Crippen LogP contribution in [0.25, 0.3) is 0 Å². The van der Waals surface area contributed by atoms with Gasteiger partial charge in [0.2, 0.25) is 0 Å². The maximum Gasteiger partial charge on any atom is 0.178 e. The largest absolute Gasteiger partial charge is 0.392 e. The summed E-state index contributed by atoms with van der Waals surface area (Å²) in [5.74, 6) is 0.597. The lowest BCUT2D eigenvalue weighted by Gasteiger charge is -2.69. The molecular formula is C34H48N2O3. The van der Waals surface area contributed by atoms with Crippen LogP contribution >= 0.6 is 0 Å². The third kappa shape index (κ3) is 3.37. The van der Waals surface area contributed by atoms with Gasteiger partial charge in [-0.15, -0.1) is 0 Å². The number of carbonyl (C=O) groups is 2. The fourth-order valence-corrected chi connectivity index (χ4v) is 11.2. The zero-order valence-corrected chi connectivity index (χ0v) is 25.2. The number of nitrogens with zero attached hydrogens (tertiary/aromatic N) is 2. The molecule has 3 saturated carbocycles. The first-order valence-corrected chi connectivity index (χ1v) is 15.4. The van der Waals surface area contributed by atoms with Crippen LogP contribution in [0, 0.1) is 56.2 Å². The minimum atomic E-state index is -0.631. The molecule has 1 heterocycles. The van der Waals surface area contributed by atoms with Gasteiger partial charge < -0.3 is 5.11 Å². The summed E-state index contributed by atoms with van der Waals surface area (Å²) in [6.07, 6.45) is 11.9. The summed E-state index contributed by atoms with van der Waals surface area (Å²) in [6.45, 7) is 17.5. The second-order valence-electron chi connectivity index (χ2n) is 16.1. The molecule has 9 atom stereocenters. The Morgan fingerprint density at radius 1 is 0.974 bits per heavy atom. The van der Waals surface area contributed by atoms with E-state index in [4.69, 9.17) is 0 Å². The summed E-state index contributed by atoms with van der Waals surface area (Å²) >= 11 is 0. The van der Waals surface area contributed by atoms with Crippen LogP contribution in [0.5, 0.6) is 0 Å². The van der Waals surface area contributed by atoms with Crippen molar-refractivity contribution in [1.29, 1.82) is 5.26 Å². The van der Waals surface area contributed by atoms with Crippen LogP contribution in [-0.2, 0) is 9.59 Å². The Morgan fingerprint density at radius 2 is 1.67 bits per heavy atom. The molecule has 0 aromatic rings. The average Bonchev–Trinajstić information content (AvgIpc) is 3.31. The Balaban J connectivity index is 1.46. The van der Waals surface area contributed by atoms with E-state index in [1.165, 1.54) is 5.57 Å². The van der Waals surface area contributed by atoms with Gasteiger partial charge in [0.1, 0.15) is 6.07 Å². The van der Waals surface area contributed by atoms with Crippen LogP contribution in [0.1, 0.15) is 99.8 Å². The Hall–Kier alpha value is -1.77. The molecule has 5 nitrogen and oxygen atoms in total. The predicted octanol–water partition coefficient (Wildman–Crippen LogP) is 6.02. The van der Waals surface area contributed by atoms with E-state index in [1.54, 1.807) is 0 Å². The van der Waals surface area contributed by atoms with Gasteiger partial charge in [0.05, 0.1) is 11.7 Å². The molecule has 0 bridgehead atoms. The Bertz CT molecular complexity index is 1240. The van der Waals surface area contributed by atoms with Gasteiger partial charge in [-0.3, -0.25) is 14.5 Å². The van der Waals surface area contributed by atoms with Crippen LogP contribution in [0.4, 0.5) is 0 Å². The molecule has 1 aliphatic heterocycles. The van der Waals surface area contributed by atoms with E-state index in [9.17, 15) is 20.0 Å². The lowest BCUT2D eigenvalue weighted by atomic mass is 9.34. The number of rotatable bonds is 1. The summed E-state index contributed by atoms with van der Waals surface area (Å²) in [4.78, 5) is 30.3. The predicted molar refractivity (Wildman–Crippen MR) is 151 cm³/mol. The van der Waals surface area contributed by atoms with Crippen molar-refractivity contribution >= 4 is 11.6 Å². The summed E-state index contributed by atoms with van der Waals surface area (Å²) in [6, 6.07) is 2.21. The van der Waals surface area contributed by atoms with Gasteiger partial charge in [0, 0.05) is 35.4 Å². The quantitative estimate of drug-likeness (QED) is 0.446. The average molecular weight is 533 g/mol. The lowest BCUT2D eigenvalue weighted by Crippen LogP contribution is -2.65. The number of hydrogen-bond donors (Lipinski definition) is 1. The maximum atomic E-state index is 14.5. The van der Waals surface area contributed by atoms with Gasteiger partial charge in [0.25, 0.3) is 0 Å². The summed E-state index contributed by atoms with van der Waals surface area (Å²) in [7, 11) is 0. The van der Waals surface area contributed by atoms with E-state index in [-0.39, 0.29) is 56.9 Å². The van der Waals surface area contributed by atoms with Crippen LogP contribution < -0.4 is 0 Å². The number of aliphatic hydroxyl groups is 1. The molecule has 0 spiro atoms. The molecule has 0 radical (unpaired) electrons. The standard InChI is InChI=1S/C34H48N2O3/c1-29(2)25-8-10-33(6)26(32(25,5)17-21(19-35)28(29)39)16-24(38)27-23-18-31(4,36-15-9-22(37)20-36)13-11-30(23,3)12-14-34(27,33)7/h16-17,22-23,25,27,37H,8-15,18,20H2,1-7H3/t22-,23+,25+,27+,30-,31?,32+,33-,34-/m1/s1. The molecule has 0 aromatic heterocycles. The van der Waals surface area contributed by atoms with E-state index in [2.05, 4.69) is 45.6 Å². The number of nitriles is 1. The topological polar surface area (TPSA) is 81.4 Å². The number of fused-ring (bicyclic) bond motifs is 7. The van der Waals surface area contributed by atoms with E-state index in [0.717, 1.165) is 64.5 Å². The molecule has 5 heteroatoms. The molecule has 0 amide bonds. The van der Waals surface area contributed by atoms with Crippen molar-refractivity contribution in [3.8, 4) is 6.07 Å². The number of β-amino-alcohol motifs (C(OH)–C–C–N with tert-alkyl or cyclic N) is 1. The maximum absolute atomic E-state index is 14.5. The monoisotopic (exact) mass is 532 g/mol. The number of hydrogen-bond acceptors (Lipinski definition) is 5. The molecule has 39 heavy (non-hydrogen) atoms. The number of carbonyl (C=O) groups excluding carboxylic acids is 2. The molecule has 1 unspecified atom stereocenters. The zero-order chi connectivity index (χ0) is 28.4. The van der Waals surface area contributed by atoms with Crippen LogP contribution in [0.15, 0.2) is 23.3 Å². The zero-order valence-electron chi connectivity index (χ0n) is 25.2. The van der Waals surface area contributed by atoms with Crippen molar-refractivity contribution in [3.05, 3.63) is 23.3 Å². The highest BCUT2D eigenvalue weighted by molar-refractivity contribution is 6.04. The number of allylic oxidation sites excluding steroid dienone is 4.